The highest BCUT2D eigenvalue weighted by atomic mass is 19.1. The predicted molar refractivity (Wildman–Crippen MR) is 98.3 cm³/mol. The molecule has 1 aliphatic heterocycles. The maximum absolute atomic E-state index is 13.6. The molecule has 0 aromatic heterocycles. The van der Waals surface area contributed by atoms with Gasteiger partial charge in [-0.05, 0) is 18.6 Å². The highest BCUT2D eigenvalue weighted by molar-refractivity contribution is 5.92. The second-order valence-corrected chi connectivity index (χ2v) is 6.30. The van der Waals surface area contributed by atoms with Gasteiger partial charge in [0, 0.05) is 32.2 Å². The van der Waals surface area contributed by atoms with Gasteiger partial charge in [-0.25, -0.2) is 8.78 Å². The van der Waals surface area contributed by atoms with Gasteiger partial charge in [0.05, 0.1) is 31.9 Å². The number of amides is 2. The van der Waals surface area contributed by atoms with Crippen LogP contribution in [0.25, 0.3) is 0 Å². The summed E-state index contributed by atoms with van der Waals surface area (Å²) < 4.78 is 31.8. The molecule has 2 rings (SSSR count). The van der Waals surface area contributed by atoms with Gasteiger partial charge in [-0.3, -0.25) is 14.5 Å². The first-order chi connectivity index (χ1) is 13.0. The molecule has 1 fully saturated rings. The molecule has 0 aliphatic carbocycles. The van der Waals surface area contributed by atoms with Gasteiger partial charge in [0.2, 0.25) is 11.8 Å². The molecule has 1 heterocycles. The van der Waals surface area contributed by atoms with Gasteiger partial charge < -0.3 is 15.0 Å². The number of halogens is 2. The summed E-state index contributed by atoms with van der Waals surface area (Å²) in [5, 5.41) is 2.45. The van der Waals surface area contributed by atoms with E-state index in [1.54, 1.807) is 11.0 Å². The van der Waals surface area contributed by atoms with Crippen LogP contribution in [0.3, 0.4) is 0 Å². The van der Waals surface area contributed by atoms with Crippen LogP contribution >= 0.6 is 0 Å². The maximum Gasteiger partial charge on any atom is 0.238 e. The lowest BCUT2D eigenvalue weighted by atomic mass is 10.3. The van der Waals surface area contributed by atoms with Crippen LogP contribution in [0.5, 0.6) is 0 Å². The summed E-state index contributed by atoms with van der Waals surface area (Å²) in [5.41, 5.74) is -0.0486. The Morgan fingerprint density at radius 2 is 2.04 bits per heavy atom. The Kier molecular flexibility index (Phi) is 8.35. The predicted octanol–water partition coefficient (Wildman–Crippen LogP) is 2.03. The first-order valence-corrected chi connectivity index (χ1v) is 8.93. The average Bonchev–Trinajstić information content (AvgIpc) is 2.86. The SMILES string of the molecule is C=CCOCCC(=O)N1CCCN(CC(=O)Nc2ccc(F)cc2F)CC1. The van der Waals surface area contributed by atoms with Crippen molar-refractivity contribution >= 4 is 17.5 Å². The fourth-order valence-electron chi connectivity index (χ4n) is 2.85. The van der Waals surface area contributed by atoms with Crippen LogP contribution < -0.4 is 5.32 Å². The van der Waals surface area contributed by atoms with Crippen molar-refractivity contribution in [2.45, 2.75) is 12.8 Å². The van der Waals surface area contributed by atoms with Gasteiger partial charge in [0.25, 0.3) is 0 Å². The molecule has 0 atom stereocenters. The lowest BCUT2D eigenvalue weighted by Gasteiger charge is -2.21. The summed E-state index contributed by atoms with van der Waals surface area (Å²) in [6, 6.07) is 3.01. The van der Waals surface area contributed by atoms with Crippen molar-refractivity contribution in [2.24, 2.45) is 0 Å². The van der Waals surface area contributed by atoms with Crippen molar-refractivity contribution in [3.63, 3.8) is 0 Å². The Bertz CT molecular complexity index is 670. The zero-order valence-electron chi connectivity index (χ0n) is 15.3. The largest absolute Gasteiger partial charge is 0.377 e. The van der Waals surface area contributed by atoms with Gasteiger partial charge in [0.1, 0.15) is 11.6 Å². The highest BCUT2D eigenvalue weighted by Crippen LogP contribution is 2.15. The Morgan fingerprint density at radius 1 is 1.22 bits per heavy atom. The van der Waals surface area contributed by atoms with E-state index in [0.717, 1.165) is 18.6 Å². The molecule has 0 radical (unpaired) electrons. The summed E-state index contributed by atoms with van der Waals surface area (Å²) in [4.78, 5) is 28.0. The Morgan fingerprint density at radius 3 is 2.78 bits per heavy atom. The second-order valence-electron chi connectivity index (χ2n) is 6.30. The van der Waals surface area contributed by atoms with Crippen molar-refractivity contribution in [3.8, 4) is 0 Å². The molecular weight excluding hydrogens is 356 g/mol. The third kappa shape index (κ3) is 7.07. The summed E-state index contributed by atoms with van der Waals surface area (Å²) >= 11 is 0. The van der Waals surface area contributed by atoms with E-state index in [1.807, 2.05) is 4.90 Å². The van der Waals surface area contributed by atoms with E-state index in [9.17, 15) is 18.4 Å². The molecule has 0 spiro atoms. The van der Waals surface area contributed by atoms with Crippen molar-refractivity contribution in [1.29, 1.82) is 0 Å². The summed E-state index contributed by atoms with van der Waals surface area (Å²) in [5.74, 6) is -1.86. The van der Waals surface area contributed by atoms with Gasteiger partial charge in [-0.1, -0.05) is 6.08 Å². The van der Waals surface area contributed by atoms with Crippen LogP contribution in [0.1, 0.15) is 12.8 Å². The van der Waals surface area contributed by atoms with E-state index in [-0.39, 0.29) is 24.0 Å². The molecule has 1 aromatic rings. The first-order valence-electron chi connectivity index (χ1n) is 8.93. The summed E-state index contributed by atoms with van der Waals surface area (Å²) in [6.07, 6.45) is 2.70. The number of nitrogens with one attached hydrogen (secondary N) is 1. The Labute approximate surface area is 157 Å². The third-order valence-electron chi connectivity index (χ3n) is 4.21. The van der Waals surface area contributed by atoms with E-state index < -0.39 is 11.6 Å². The number of rotatable bonds is 8. The van der Waals surface area contributed by atoms with Crippen LogP contribution in [-0.4, -0.2) is 67.6 Å². The van der Waals surface area contributed by atoms with Crippen molar-refractivity contribution in [1.82, 2.24) is 9.80 Å². The topological polar surface area (TPSA) is 61.9 Å². The minimum atomic E-state index is -0.810. The van der Waals surface area contributed by atoms with Crippen molar-refractivity contribution in [2.75, 3.05) is 51.3 Å². The molecule has 6 nitrogen and oxygen atoms in total. The van der Waals surface area contributed by atoms with Gasteiger partial charge in [-0.2, -0.15) is 0 Å². The first kappa shape index (κ1) is 21.0. The van der Waals surface area contributed by atoms with E-state index in [0.29, 0.717) is 45.8 Å². The molecule has 0 bridgehead atoms. The molecule has 1 saturated heterocycles. The fourth-order valence-corrected chi connectivity index (χ4v) is 2.85. The number of benzene rings is 1. The van der Waals surface area contributed by atoms with Crippen LogP contribution in [0.15, 0.2) is 30.9 Å². The minimum Gasteiger partial charge on any atom is -0.377 e. The molecule has 1 aliphatic rings. The van der Waals surface area contributed by atoms with Gasteiger partial charge >= 0.3 is 0 Å². The summed E-state index contributed by atoms with van der Waals surface area (Å²) in [6.45, 7) is 6.79. The monoisotopic (exact) mass is 381 g/mol. The normalized spacial score (nSPS) is 15.3. The van der Waals surface area contributed by atoms with Crippen LogP contribution in [0.2, 0.25) is 0 Å². The molecule has 0 saturated carbocycles. The van der Waals surface area contributed by atoms with Crippen LogP contribution in [0, 0.1) is 11.6 Å². The minimum absolute atomic E-state index is 0.0266. The molecule has 27 heavy (non-hydrogen) atoms. The van der Waals surface area contributed by atoms with Gasteiger partial charge in [-0.15, -0.1) is 6.58 Å². The van der Waals surface area contributed by atoms with E-state index in [4.69, 9.17) is 4.74 Å². The smallest absolute Gasteiger partial charge is 0.238 e. The molecule has 1 N–H and O–H groups in total. The number of nitrogens with zero attached hydrogens (tertiary/aromatic N) is 2. The lowest BCUT2D eigenvalue weighted by Crippen LogP contribution is -2.38. The van der Waals surface area contributed by atoms with Gasteiger partial charge in [0.15, 0.2) is 0 Å². The molecule has 2 amide bonds. The molecule has 148 valence electrons. The zero-order valence-corrected chi connectivity index (χ0v) is 15.3. The van der Waals surface area contributed by atoms with Crippen LogP contribution in [-0.2, 0) is 14.3 Å². The number of hydrogen-bond acceptors (Lipinski definition) is 4. The second kappa shape index (κ2) is 10.7. The Hall–Kier alpha value is -2.32. The average molecular weight is 381 g/mol. The lowest BCUT2D eigenvalue weighted by molar-refractivity contribution is -0.132. The zero-order chi connectivity index (χ0) is 19.6. The Balaban J connectivity index is 1.77. The summed E-state index contributed by atoms with van der Waals surface area (Å²) in [7, 11) is 0. The van der Waals surface area contributed by atoms with E-state index in [2.05, 4.69) is 11.9 Å². The number of hydrogen-bond donors (Lipinski definition) is 1. The van der Waals surface area contributed by atoms with E-state index >= 15 is 0 Å². The van der Waals surface area contributed by atoms with Crippen molar-refractivity contribution < 1.29 is 23.1 Å². The molecular formula is C19H25F2N3O3. The number of carbonyl (C=O) groups is 2. The van der Waals surface area contributed by atoms with Crippen LogP contribution in [0.4, 0.5) is 14.5 Å². The number of ether oxygens (including phenoxy) is 1. The maximum atomic E-state index is 13.6. The quantitative estimate of drug-likeness (QED) is 0.553. The van der Waals surface area contributed by atoms with Crippen molar-refractivity contribution in [3.05, 3.63) is 42.5 Å². The third-order valence-corrected chi connectivity index (χ3v) is 4.21. The molecule has 1 aromatic carbocycles. The molecule has 0 unspecified atom stereocenters. The standard InChI is InChI=1S/C19H25F2N3O3/c1-2-11-27-12-6-19(26)24-8-3-7-23(9-10-24)14-18(25)22-17-5-4-15(20)13-16(17)21/h2,4-5,13H,1,3,6-12,14H2,(H,22,25). The fraction of sp³-hybridized carbons (Fsp3) is 0.474. The number of carbonyl (C=O) groups excluding carboxylic acids is 2. The molecule has 8 heteroatoms. The number of anilines is 1. The highest BCUT2D eigenvalue weighted by Gasteiger charge is 2.20. The van der Waals surface area contributed by atoms with E-state index in [1.165, 1.54) is 6.07 Å².